The molecule has 0 spiro atoms. The van der Waals surface area contributed by atoms with Crippen molar-refractivity contribution >= 4 is 23.2 Å². The number of hydrogen-bond donors (Lipinski definition) is 2. The van der Waals surface area contributed by atoms with Gasteiger partial charge in [0, 0.05) is 23.1 Å². The number of fused-ring (bicyclic) bond motifs is 1. The summed E-state index contributed by atoms with van der Waals surface area (Å²) < 4.78 is 0. The van der Waals surface area contributed by atoms with Gasteiger partial charge < -0.3 is 11.1 Å². The standard InChI is InChI=1S/C14H12ClN3O/c15-11-7-12-9(6-13(19)18-12)5-10(11)14(16)8-1-3-17-4-2-8/h1-5,7,14H,6,16H2,(H,18,19). The molecule has 96 valence electrons. The molecule has 0 radical (unpaired) electrons. The van der Waals surface area contributed by atoms with E-state index in [1.165, 1.54) is 0 Å². The second kappa shape index (κ2) is 4.64. The molecule has 3 N–H and O–H groups in total. The number of rotatable bonds is 2. The Balaban J connectivity index is 2.02. The summed E-state index contributed by atoms with van der Waals surface area (Å²) >= 11 is 6.25. The van der Waals surface area contributed by atoms with E-state index in [2.05, 4.69) is 10.3 Å². The van der Waals surface area contributed by atoms with E-state index in [0.717, 1.165) is 22.4 Å². The number of nitrogens with two attached hydrogens (primary N) is 1. The number of anilines is 1. The summed E-state index contributed by atoms with van der Waals surface area (Å²) in [6, 6.07) is 7.06. The quantitative estimate of drug-likeness (QED) is 0.882. The first-order chi connectivity index (χ1) is 9.15. The number of pyridine rings is 1. The van der Waals surface area contributed by atoms with Crippen LogP contribution in [0.2, 0.25) is 5.02 Å². The van der Waals surface area contributed by atoms with Crippen LogP contribution in [-0.4, -0.2) is 10.9 Å². The van der Waals surface area contributed by atoms with Gasteiger partial charge in [0.1, 0.15) is 0 Å². The van der Waals surface area contributed by atoms with Crippen LogP contribution in [0.25, 0.3) is 0 Å². The molecular weight excluding hydrogens is 262 g/mol. The molecule has 0 fully saturated rings. The number of benzene rings is 1. The Morgan fingerprint density at radius 2 is 2.05 bits per heavy atom. The van der Waals surface area contributed by atoms with Crippen molar-refractivity contribution < 1.29 is 4.79 Å². The molecule has 0 aliphatic carbocycles. The van der Waals surface area contributed by atoms with E-state index >= 15 is 0 Å². The van der Waals surface area contributed by atoms with Crippen molar-refractivity contribution in [2.45, 2.75) is 12.5 Å². The molecule has 0 saturated carbocycles. The van der Waals surface area contributed by atoms with Crippen LogP contribution < -0.4 is 11.1 Å². The summed E-state index contributed by atoms with van der Waals surface area (Å²) in [5.41, 5.74) is 9.71. The Hall–Kier alpha value is -1.91. The van der Waals surface area contributed by atoms with Crippen molar-refractivity contribution in [1.29, 1.82) is 0 Å². The minimum atomic E-state index is -0.323. The number of halogens is 1. The highest BCUT2D eigenvalue weighted by Gasteiger charge is 2.22. The van der Waals surface area contributed by atoms with Crippen molar-refractivity contribution in [2.24, 2.45) is 5.73 Å². The van der Waals surface area contributed by atoms with Crippen molar-refractivity contribution in [3.63, 3.8) is 0 Å². The minimum absolute atomic E-state index is 0.0132. The monoisotopic (exact) mass is 273 g/mol. The van der Waals surface area contributed by atoms with Crippen LogP contribution in [0.5, 0.6) is 0 Å². The predicted octanol–water partition coefficient (Wildman–Crippen LogP) is 2.28. The van der Waals surface area contributed by atoms with Crippen LogP contribution in [0.1, 0.15) is 22.7 Å². The van der Waals surface area contributed by atoms with Gasteiger partial charge in [-0.2, -0.15) is 0 Å². The van der Waals surface area contributed by atoms with Crippen molar-refractivity contribution in [3.05, 3.63) is 58.4 Å². The Morgan fingerprint density at radius 3 is 2.79 bits per heavy atom. The largest absolute Gasteiger partial charge is 0.325 e. The molecule has 2 heterocycles. The molecule has 2 aromatic rings. The van der Waals surface area contributed by atoms with Gasteiger partial charge in [0.25, 0.3) is 0 Å². The Morgan fingerprint density at radius 1 is 1.32 bits per heavy atom. The minimum Gasteiger partial charge on any atom is -0.325 e. The van der Waals surface area contributed by atoms with E-state index in [0.29, 0.717) is 11.4 Å². The van der Waals surface area contributed by atoms with Crippen LogP contribution in [0, 0.1) is 0 Å². The summed E-state index contributed by atoms with van der Waals surface area (Å²) in [7, 11) is 0. The third kappa shape index (κ3) is 2.20. The van der Waals surface area contributed by atoms with Crippen LogP contribution in [-0.2, 0) is 11.2 Å². The lowest BCUT2D eigenvalue weighted by Gasteiger charge is -2.15. The second-order valence-electron chi connectivity index (χ2n) is 4.51. The number of nitrogens with one attached hydrogen (secondary N) is 1. The SMILES string of the molecule is NC(c1ccncc1)c1cc2c(cc1Cl)NC(=O)C2. The van der Waals surface area contributed by atoms with Crippen molar-refractivity contribution in [2.75, 3.05) is 5.32 Å². The second-order valence-corrected chi connectivity index (χ2v) is 4.92. The van der Waals surface area contributed by atoms with Gasteiger partial charge in [-0.25, -0.2) is 0 Å². The first-order valence-corrected chi connectivity index (χ1v) is 6.30. The number of carbonyl (C=O) groups excluding carboxylic acids is 1. The number of amides is 1. The van der Waals surface area contributed by atoms with Crippen LogP contribution >= 0.6 is 11.6 Å². The third-order valence-corrected chi connectivity index (χ3v) is 3.58. The summed E-state index contributed by atoms with van der Waals surface area (Å²) in [4.78, 5) is 15.3. The maximum Gasteiger partial charge on any atom is 0.228 e. The number of nitrogens with zero attached hydrogens (tertiary/aromatic N) is 1. The molecular formula is C14H12ClN3O. The highest BCUT2D eigenvalue weighted by Crippen LogP contribution is 2.34. The Kier molecular flexibility index (Phi) is 2.97. The van der Waals surface area contributed by atoms with Gasteiger partial charge in [-0.05, 0) is 41.0 Å². The molecule has 1 unspecified atom stereocenters. The zero-order valence-corrected chi connectivity index (χ0v) is 10.8. The molecule has 1 atom stereocenters. The molecule has 1 aromatic carbocycles. The first kappa shape index (κ1) is 12.1. The lowest BCUT2D eigenvalue weighted by atomic mass is 9.98. The third-order valence-electron chi connectivity index (χ3n) is 3.25. The van der Waals surface area contributed by atoms with E-state index < -0.39 is 0 Å². The van der Waals surface area contributed by atoms with E-state index in [1.54, 1.807) is 18.5 Å². The topological polar surface area (TPSA) is 68.0 Å². The average molecular weight is 274 g/mol. The van der Waals surface area contributed by atoms with Gasteiger partial charge >= 0.3 is 0 Å². The van der Waals surface area contributed by atoms with Crippen molar-refractivity contribution in [3.8, 4) is 0 Å². The zero-order chi connectivity index (χ0) is 13.4. The summed E-state index contributed by atoms with van der Waals surface area (Å²) in [5, 5.41) is 3.33. The Bertz CT molecular complexity index is 643. The molecule has 19 heavy (non-hydrogen) atoms. The summed E-state index contributed by atoms with van der Waals surface area (Å²) in [6.45, 7) is 0. The van der Waals surface area contributed by atoms with Gasteiger partial charge in [-0.1, -0.05) is 11.6 Å². The van der Waals surface area contributed by atoms with E-state index in [1.807, 2.05) is 18.2 Å². The fraction of sp³-hybridized carbons (Fsp3) is 0.143. The van der Waals surface area contributed by atoms with Gasteiger partial charge in [0.05, 0.1) is 12.5 Å². The maximum absolute atomic E-state index is 11.4. The van der Waals surface area contributed by atoms with E-state index in [-0.39, 0.29) is 11.9 Å². The Labute approximate surface area is 115 Å². The maximum atomic E-state index is 11.4. The van der Waals surface area contributed by atoms with Crippen molar-refractivity contribution in [1.82, 2.24) is 4.98 Å². The summed E-state index contributed by atoms with van der Waals surface area (Å²) in [6.07, 6.45) is 3.77. The fourth-order valence-corrected chi connectivity index (χ4v) is 2.54. The predicted molar refractivity (Wildman–Crippen MR) is 74.1 cm³/mol. The molecule has 5 heteroatoms. The van der Waals surface area contributed by atoms with Gasteiger partial charge in [0.15, 0.2) is 0 Å². The molecule has 1 aliphatic heterocycles. The molecule has 0 bridgehead atoms. The average Bonchev–Trinajstić information content (AvgIpc) is 2.77. The number of aromatic nitrogens is 1. The van der Waals surface area contributed by atoms with Crippen LogP contribution in [0.4, 0.5) is 5.69 Å². The fourth-order valence-electron chi connectivity index (χ4n) is 2.26. The molecule has 0 saturated heterocycles. The van der Waals surface area contributed by atoms with Gasteiger partial charge in [-0.15, -0.1) is 0 Å². The molecule has 3 rings (SSSR count). The lowest BCUT2D eigenvalue weighted by molar-refractivity contribution is -0.115. The number of hydrogen-bond acceptors (Lipinski definition) is 3. The first-order valence-electron chi connectivity index (χ1n) is 5.93. The zero-order valence-electron chi connectivity index (χ0n) is 10.1. The number of carbonyl (C=O) groups is 1. The van der Waals surface area contributed by atoms with Crippen LogP contribution in [0.3, 0.4) is 0 Å². The summed E-state index contributed by atoms with van der Waals surface area (Å²) in [5.74, 6) is -0.0132. The normalized spacial score (nSPS) is 14.9. The molecule has 1 aromatic heterocycles. The van der Waals surface area contributed by atoms with E-state index in [4.69, 9.17) is 17.3 Å². The van der Waals surface area contributed by atoms with Gasteiger partial charge in [0.2, 0.25) is 5.91 Å². The van der Waals surface area contributed by atoms with Gasteiger partial charge in [-0.3, -0.25) is 9.78 Å². The van der Waals surface area contributed by atoms with Crippen LogP contribution in [0.15, 0.2) is 36.7 Å². The smallest absolute Gasteiger partial charge is 0.228 e. The highest BCUT2D eigenvalue weighted by molar-refractivity contribution is 6.32. The highest BCUT2D eigenvalue weighted by atomic mass is 35.5. The molecule has 1 amide bonds. The lowest BCUT2D eigenvalue weighted by Crippen LogP contribution is -2.12. The molecule has 4 nitrogen and oxygen atoms in total. The molecule has 1 aliphatic rings. The van der Waals surface area contributed by atoms with E-state index in [9.17, 15) is 4.79 Å².